The maximum Gasteiger partial charge on any atom is 0.227 e. The second kappa shape index (κ2) is 7.77. The number of nitrogens with zero attached hydrogens (tertiary/aromatic N) is 4. The fourth-order valence-corrected chi connectivity index (χ4v) is 3.28. The van der Waals surface area contributed by atoms with Gasteiger partial charge in [0.2, 0.25) is 5.91 Å². The summed E-state index contributed by atoms with van der Waals surface area (Å²) in [6.45, 7) is 8.19. The average molecular weight is 330 g/mol. The van der Waals surface area contributed by atoms with Crippen molar-refractivity contribution in [1.29, 1.82) is 0 Å². The van der Waals surface area contributed by atoms with Gasteiger partial charge in [0.25, 0.3) is 0 Å². The fraction of sp³-hybridized carbons (Fsp3) is 0.556. The summed E-state index contributed by atoms with van der Waals surface area (Å²) >= 11 is 0. The van der Waals surface area contributed by atoms with E-state index in [1.54, 1.807) is 13.3 Å². The van der Waals surface area contributed by atoms with Crippen LogP contribution in [-0.2, 0) is 22.5 Å². The second-order valence-corrected chi connectivity index (χ2v) is 6.21. The van der Waals surface area contributed by atoms with Crippen molar-refractivity contribution in [3.63, 3.8) is 0 Å². The van der Waals surface area contributed by atoms with Crippen molar-refractivity contribution in [2.45, 2.75) is 19.9 Å². The molecule has 1 aliphatic rings. The number of likely N-dealkylation sites (N-methyl/N-ethyl adjacent to an activating group) is 1. The summed E-state index contributed by atoms with van der Waals surface area (Å²) in [6.07, 6.45) is 4.28. The van der Waals surface area contributed by atoms with E-state index in [0.717, 1.165) is 55.9 Å². The largest absolute Gasteiger partial charge is 0.383 e. The Bertz CT molecular complexity index is 689. The molecular weight excluding hydrogens is 304 g/mol. The number of pyridine rings is 1. The Morgan fingerprint density at radius 3 is 2.79 bits per heavy atom. The zero-order valence-electron chi connectivity index (χ0n) is 14.6. The Hall–Kier alpha value is -1.92. The number of aromatic nitrogens is 2. The summed E-state index contributed by atoms with van der Waals surface area (Å²) in [5, 5.41) is 1.06. The normalized spacial score (nSPS) is 16.0. The molecule has 1 amide bonds. The molecule has 0 saturated carbocycles. The molecule has 3 rings (SSSR count). The number of methoxy groups -OCH3 is 1. The lowest BCUT2D eigenvalue weighted by Gasteiger charge is -2.34. The van der Waals surface area contributed by atoms with Crippen molar-refractivity contribution in [3.05, 3.63) is 30.1 Å². The van der Waals surface area contributed by atoms with E-state index in [2.05, 4.69) is 27.6 Å². The monoisotopic (exact) mass is 330 g/mol. The lowest BCUT2D eigenvalue weighted by molar-refractivity contribution is -0.132. The van der Waals surface area contributed by atoms with Crippen LogP contribution in [0.1, 0.15) is 12.5 Å². The fourth-order valence-electron chi connectivity index (χ4n) is 3.28. The summed E-state index contributed by atoms with van der Waals surface area (Å²) in [5.41, 5.74) is 1.98. The summed E-state index contributed by atoms with van der Waals surface area (Å²) in [4.78, 5) is 21.5. The first-order valence-corrected chi connectivity index (χ1v) is 8.64. The van der Waals surface area contributed by atoms with Crippen LogP contribution in [0.3, 0.4) is 0 Å². The van der Waals surface area contributed by atoms with E-state index >= 15 is 0 Å². The molecule has 0 N–H and O–H groups in total. The highest BCUT2D eigenvalue weighted by Crippen LogP contribution is 2.20. The van der Waals surface area contributed by atoms with Gasteiger partial charge in [0.1, 0.15) is 5.65 Å². The highest BCUT2D eigenvalue weighted by atomic mass is 16.5. The maximum atomic E-state index is 12.7. The lowest BCUT2D eigenvalue weighted by Crippen LogP contribution is -2.48. The van der Waals surface area contributed by atoms with Crippen LogP contribution in [0.15, 0.2) is 24.5 Å². The minimum Gasteiger partial charge on any atom is -0.383 e. The van der Waals surface area contributed by atoms with Gasteiger partial charge >= 0.3 is 0 Å². The molecule has 0 spiro atoms. The van der Waals surface area contributed by atoms with Crippen LogP contribution in [-0.4, -0.2) is 71.7 Å². The summed E-state index contributed by atoms with van der Waals surface area (Å²) in [5.74, 6) is 0.209. The minimum absolute atomic E-state index is 0.209. The third-order valence-corrected chi connectivity index (χ3v) is 4.77. The molecule has 0 unspecified atom stereocenters. The Balaban J connectivity index is 1.74. The predicted octanol–water partition coefficient (Wildman–Crippen LogP) is 1.39. The van der Waals surface area contributed by atoms with Gasteiger partial charge in [-0.1, -0.05) is 6.92 Å². The van der Waals surface area contributed by atoms with Gasteiger partial charge in [-0.3, -0.25) is 4.79 Å². The van der Waals surface area contributed by atoms with Gasteiger partial charge in [0, 0.05) is 57.6 Å². The first-order chi connectivity index (χ1) is 11.7. The zero-order valence-corrected chi connectivity index (χ0v) is 14.6. The predicted molar refractivity (Wildman–Crippen MR) is 94.0 cm³/mol. The van der Waals surface area contributed by atoms with Crippen LogP contribution < -0.4 is 0 Å². The summed E-state index contributed by atoms with van der Waals surface area (Å²) < 4.78 is 7.25. The Kier molecular flexibility index (Phi) is 5.48. The molecule has 24 heavy (non-hydrogen) atoms. The van der Waals surface area contributed by atoms with E-state index in [1.807, 2.05) is 17.0 Å². The molecule has 6 heteroatoms. The lowest BCUT2D eigenvalue weighted by atomic mass is 10.1. The topological polar surface area (TPSA) is 50.6 Å². The molecule has 3 heterocycles. The summed E-state index contributed by atoms with van der Waals surface area (Å²) in [6, 6.07) is 3.97. The molecule has 1 saturated heterocycles. The zero-order chi connectivity index (χ0) is 16.9. The van der Waals surface area contributed by atoms with Crippen LogP contribution in [0, 0.1) is 0 Å². The Morgan fingerprint density at radius 2 is 2.08 bits per heavy atom. The smallest absolute Gasteiger partial charge is 0.227 e. The molecule has 0 atom stereocenters. The number of hydrogen-bond donors (Lipinski definition) is 0. The van der Waals surface area contributed by atoms with E-state index in [-0.39, 0.29) is 5.91 Å². The molecule has 130 valence electrons. The molecule has 2 aromatic heterocycles. The number of piperazine rings is 1. The van der Waals surface area contributed by atoms with Gasteiger partial charge < -0.3 is 19.1 Å². The van der Waals surface area contributed by atoms with Gasteiger partial charge in [0.15, 0.2) is 0 Å². The quantitative estimate of drug-likeness (QED) is 0.803. The third kappa shape index (κ3) is 3.60. The number of carbonyl (C=O) groups excluding carboxylic acids is 1. The molecule has 0 bridgehead atoms. The molecule has 0 radical (unpaired) electrons. The molecule has 1 fully saturated rings. The van der Waals surface area contributed by atoms with Crippen molar-refractivity contribution in [2.75, 3.05) is 46.4 Å². The van der Waals surface area contributed by atoms with Gasteiger partial charge in [-0.25, -0.2) is 4.98 Å². The second-order valence-electron chi connectivity index (χ2n) is 6.21. The number of ether oxygens (including phenoxy) is 1. The van der Waals surface area contributed by atoms with Gasteiger partial charge in [-0.2, -0.15) is 0 Å². The highest BCUT2D eigenvalue weighted by molar-refractivity contribution is 5.87. The van der Waals surface area contributed by atoms with Crippen LogP contribution in [0.2, 0.25) is 0 Å². The first-order valence-electron chi connectivity index (χ1n) is 8.64. The van der Waals surface area contributed by atoms with Crippen LogP contribution in [0.4, 0.5) is 0 Å². The Morgan fingerprint density at radius 1 is 1.29 bits per heavy atom. The number of carbonyl (C=O) groups is 1. The number of amides is 1. The molecule has 0 aromatic carbocycles. The first kappa shape index (κ1) is 16.9. The van der Waals surface area contributed by atoms with Crippen molar-refractivity contribution in [3.8, 4) is 0 Å². The molecule has 1 aliphatic heterocycles. The molecule has 2 aromatic rings. The van der Waals surface area contributed by atoms with Crippen molar-refractivity contribution in [2.24, 2.45) is 0 Å². The van der Waals surface area contributed by atoms with E-state index in [1.165, 1.54) is 0 Å². The SMILES string of the molecule is CCN1CCN(C(=O)Cc2cn(CCOC)c3ncccc23)CC1. The van der Waals surface area contributed by atoms with E-state index in [9.17, 15) is 4.79 Å². The summed E-state index contributed by atoms with van der Waals surface area (Å²) in [7, 11) is 1.69. The van der Waals surface area contributed by atoms with E-state index in [4.69, 9.17) is 4.74 Å². The minimum atomic E-state index is 0.209. The maximum absolute atomic E-state index is 12.7. The van der Waals surface area contributed by atoms with Crippen LogP contribution >= 0.6 is 0 Å². The van der Waals surface area contributed by atoms with Crippen LogP contribution in [0.5, 0.6) is 0 Å². The third-order valence-electron chi connectivity index (χ3n) is 4.77. The number of rotatable bonds is 6. The van der Waals surface area contributed by atoms with Gasteiger partial charge in [-0.15, -0.1) is 0 Å². The molecular formula is C18H26N4O2. The molecule has 0 aliphatic carbocycles. The van der Waals surface area contributed by atoms with E-state index < -0.39 is 0 Å². The number of hydrogen-bond acceptors (Lipinski definition) is 4. The Labute approximate surface area is 143 Å². The number of fused-ring (bicyclic) bond motifs is 1. The standard InChI is InChI=1S/C18H26N4O2/c1-3-20-7-9-21(10-8-20)17(23)13-15-14-22(11-12-24-2)18-16(15)5-4-6-19-18/h4-6,14H,3,7-13H2,1-2H3. The van der Waals surface area contributed by atoms with Gasteiger partial charge in [0.05, 0.1) is 13.0 Å². The van der Waals surface area contributed by atoms with E-state index in [0.29, 0.717) is 13.0 Å². The average Bonchev–Trinajstić information content (AvgIpc) is 2.98. The van der Waals surface area contributed by atoms with Gasteiger partial charge in [-0.05, 0) is 24.2 Å². The van der Waals surface area contributed by atoms with Crippen molar-refractivity contribution >= 4 is 16.9 Å². The molecule has 6 nitrogen and oxygen atoms in total. The van der Waals surface area contributed by atoms with Crippen molar-refractivity contribution < 1.29 is 9.53 Å². The highest BCUT2D eigenvalue weighted by Gasteiger charge is 2.21. The van der Waals surface area contributed by atoms with Crippen LogP contribution in [0.25, 0.3) is 11.0 Å². The van der Waals surface area contributed by atoms with Crippen molar-refractivity contribution in [1.82, 2.24) is 19.4 Å².